The van der Waals surface area contributed by atoms with Gasteiger partial charge in [0.05, 0.1) is 29.5 Å². The van der Waals surface area contributed by atoms with Crippen molar-refractivity contribution in [1.29, 1.82) is 0 Å². The van der Waals surface area contributed by atoms with Crippen molar-refractivity contribution >= 4 is 34.9 Å². The van der Waals surface area contributed by atoms with Gasteiger partial charge in [-0.2, -0.15) is 5.10 Å². The van der Waals surface area contributed by atoms with Gasteiger partial charge in [0, 0.05) is 47.5 Å². The molecule has 3 aromatic rings. The summed E-state index contributed by atoms with van der Waals surface area (Å²) in [7, 11) is 3.93. The average molecular weight is 498 g/mol. The van der Waals surface area contributed by atoms with Gasteiger partial charge < -0.3 is 14.5 Å². The monoisotopic (exact) mass is 497 g/mol. The number of carbonyl (C=O) groups excluding carboxylic acids is 1. The first kappa shape index (κ1) is 21.7. The molecule has 0 unspecified atom stereocenters. The van der Waals surface area contributed by atoms with E-state index in [-0.39, 0.29) is 18.0 Å². The summed E-state index contributed by atoms with van der Waals surface area (Å²) in [5, 5.41) is 6.09. The predicted octanol–water partition coefficient (Wildman–Crippen LogP) is 4.91. The Morgan fingerprint density at radius 1 is 1.12 bits per heavy atom. The molecule has 0 saturated carbocycles. The van der Waals surface area contributed by atoms with Crippen LogP contribution in [0.4, 0.5) is 5.82 Å². The lowest BCUT2D eigenvalue weighted by molar-refractivity contribution is 0.0391. The number of fused-ring (bicyclic) bond motifs is 5. The molecule has 7 nitrogen and oxygen atoms in total. The number of hydrogen-bond acceptors (Lipinski definition) is 5. The highest BCUT2D eigenvalue weighted by Crippen LogP contribution is 2.45. The molecule has 6 rings (SSSR count). The molecule has 1 saturated heterocycles. The highest BCUT2D eigenvalue weighted by molar-refractivity contribution is 6.35. The molecule has 0 N–H and O–H groups in total. The summed E-state index contributed by atoms with van der Waals surface area (Å²) in [5.74, 6) is 1.43. The zero-order valence-corrected chi connectivity index (χ0v) is 20.6. The number of carbonyl (C=O) groups is 1. The van der Waals surface area contributed by atoms with E-state index in [1.54, 1.807) is 12.3 Å². The number of aromatic nitrogens is 3. The van der Waals surface area contributed by atoms with Gasteiger partial charge in [-0.1, -0.05) is 23.2 Å². The third kappa shape index (κ3) is 3.45. The number of piperidine rings is 1. The van der Waals surface area contributed by atoms with Gasteiger partial charge in [0.2, 0.25) is 0 Å². The van der Waals surface area contributed by atoms with Crippen LogP contribution in [-0.2, 0) is 13.5 Å². The van der Waals surface area contributed by atoms with Crippen LogP contribution in [0.25, 0.3) is 11.3 Å². The van der Waals surface area contributed by atoms with Crippen molar-refractivity contribution in [3.63, 3.8) is 0 Å². The van der Waals surface area contributed by atoms with Gasteiger partial charge in [-0.3, -0.25) is 9.48 Å². The SMILES string of the molecule is CN1CCOc2cc(C(=O)N3[C@H]4CCC[C@@H]3c3nn(C)c(-c5cc(Cl)cc(Cl)c5)c3C4)cnc21. The minimum atomic E-state index is -0.0655. The summed E-state index contributed by atoms with van der Waals surface area (Å²) in [6, 6.07) is 7.46. The predicted molar refractivity (Wildman–Crippen MR) is 132 cm³/mol. The molecule has 0 aliphatic carbocycles. The molecule has 2 bridgehead atoms. The van der Waals surface area contributed by atoms with E-state index in [1.807, 2.05) is 46.8 Å². The number of aryl methyl sites for hydroxylation is 1. The fourth-order valence-corrected chi connectivity index (χ4v) is 6.22. The van der Waals surface area contributed by atoms with Gasteiger partial charge in [0.25, 0.3) is 5.91 Å². The number of amides is 1. The Balaban J connectivity index is 1.39. The summed E-state index contributed by atoms with van der Waals surface area (Å²) in [6.45, 7) is 1.37. The minimum absolute atomic E-state index is 0.00882. The fourth-order valence-electron chi connectivity index (χ4n) is 5.70. The first-order valence-electron chi connectivity index (χ1n) is 11.6. The lowest BCUT2D eigenvalue weighted by Gasteiger charge is -2.45. The number of benzene rings is 1. The average Bonchev–Trinajstić information content (AvgIpc) is 3.13. The highest BCUT2D eigenvalue weighted by Gasteiger charge is 2.43. The number of hydrogen-bond donors (Lipinski definition) is 0. The van der Waals surface area contributed by atoms with Crippen LogP contribution < -0.4 is 9.64 Å². The lowest BCUT2D eigenvalue weighted by Crippen LogP contribution is -2.50. The number of anilines is 1. The van der Waals surface area contributed by atoms with E-state index < -0.39 is 0 Å². The van der Waals surface area contributed by atoms with Crippen molar-refractivity contribution in [2.45, 2.75) is 37.8 Å². The van der Waals surface area contributed by atoms with Gasteiger partial charge in [-0.15, -0.1) is 0 Å². The van der Waals surface area contributed by atoms with E-state index >= 15 is 0 Å². The quantitative estimate of drug-likeness (QED) is 0.503. The van der Waals surface area contributed by atoms with Crippen LogP contribution in [0.2, 0.25) is 10.0 Å². The lowest BCUT2D eigenvalue weighted by atomic mass is 9.81. The first-order valence-corrected chi connectivity index (χ1v) is 12.3. The summed E-state index contributed by atoms with van der Waals surface area (Å²) in [6.07, 6.45) is 5.35. The van der Waals surface area contributed by atoms with Gasteiger partial charge in [-0.25, -0.2) is 4.98 Å². The van der Waals surface area contributed by atoms with Gasteiger partial charge in [-0.05, 0) is 49.9 Å². The second-order valence-corrected chi connectivity index (χ2v) is 10.2. The molecule has 1 amide bonds. The van der Waals surface area contributed by atoms with Crippen LogP contribution >= 0.6 is 23.2 Å². The molecule has 1 fully saturated rings. The zero-order valence-electron chi connectivity index (χ0n) is 19.1. The minimum Gasteiger partial charge on any atom is -0.488 e. The number of likely N-dealkylation sites (N-methyl/N-ethyl adjacent to an activating group) is 1. The van der Waals surface area contributed by atoms with Crippen LogP contribution in [-0.4, -0.2) is 51.8 Å². The molecule has 1 aromatic carbocycles. The number of halogens is 2. The third-order valence-electron chi connectivity index (χ3n) is 7.17. The van der Waals surface area contributed by atoms with Crippen molar-refractivity contribution in [1.82, 2.24) is 19.7 Å². The third-order valence-corrected chi connectivity index (χ3v) is 7.61. The van der Waals surface area contributed by atoms with Crippen molar-refractivity contribution in [2.24, 2.45) is 7.05 Å². The van der Waals surface area contributed by atoms with E-state index in [4.69, 9.17) is 33.0 Å². The van der Waals surface area contributed by atoms with E-state index in [9.17, 15) is 4.79 Å². The van der Waals surface area contributed by atoms with Crippen LogP contribution in [0.15, 0.2) is 30.5 Å². The molecule has 0 radical (unpaired) electrons. The first-order chi connectivity index (χ1) is 16.4. The maximum Gasteiger partial charge on any atom is 0.256 e. The maximum atomic E-state index is 13.8. The van der Waals surface area contributed by atoms with Crippen LogP contribution in [0.1, 0.15) is 46.9 Å². The van der Waals surface area contributed by atoms with Crippen LogP contribution in [0, 0.1) is 0 Å². The molecule has 2 aromatic heterocycles. The second kappa shape index (κ2) is 8.17. The zero-order chi connectivity index (χ0) is 23.6. The number of rotatable bonds is 2. The summed E-state index contributed by atoms with van der Waals surface area (Å²) >= 11 is 12.6. The Morgan fingerprint density at radius 3 is 2.71 bits per heavy atom. The topological polar surface area (TPSA) is 63.5 Å². The fraction of sp³-hybridized carbons (Fsp3) is 0.400. The van der Waals surface area contributed by atoms with E-state index in [1.165, 1.54) is 5.56 Å². The molecule has 5 heterocycles. The number of nitrogens with zero attached hydrogens (tertiary/aromatic N) is 5. The van der Waals surface area contributed by atoms with E-state index in [2.05, 4.69) is 4.98 Å². The van der Waals surface area contributed by atoms with Crippen molar-refractivity contribution in [2.75, 3.05) is 25.1 Å². The molecule has 3 aliphatic rings. The molecular weight excluding hydrogens is 473 g/mol. The van der Waals surface area contributed by atoms with Crippen molar-refractivity contribution in [3.05, 3.63) is 57.3 Å². The molecule has 176 valence electrons. The van der Waals surface area contributed by atoms with Gasteiger partial charge >= 0.3 is 0 Å². The summed E-state index contributed by atoms with van der Waals surface area (Å²) in [5.41, 5.74) is 4.70. The largest absolute Gasteiger partial charge is 0.488 e. The molecule has 34 heavy (non-hydrogen) atoms. The van der Waals surface area contributed by atoms with Crippen LogP contribution in [0.5, 0.6) is 5.75 Å². The Kier molecular flexibility index (Phi) is 5.22. The van der Waals surface area contributed by atoms with Gasteiger partial charge in [0.15, 0.2) is 11.6 Å². The maximum absolute atomic E-state index is 13.8. The molecule has 9 heteroatoms. The Bertz CT molecular complexity index is 1290. The van der Waals surface area contributed by atoms with Crippen molar-refractivity contribution in [3.8, 4) is 17.0 Å². The van der Waals surface area contributed by atoms with E-state index in [0.29, 0.717) is 28.0 Å². The smallest absolute Gasteiger partial charge is 0.256 e. The normalized spacial score (nSPS) is 21.1. The standard InChI is InChI=1S/C25H25Cl2N5O2/c1-30-6-7-34-21-10-15(13-28-24(21)30)25(33)32-18-4-3-5-20(32)22-19(12-18)23(31(2)29-22)14-8-16(26)11-17(27)9-14/h8-11,13,18,20H,3-7,12H2,1-2H3/t18-,20+/m0/s1. The summed E-state index contributed by atoms with van der Waals surface area (Å²) in [4.78, 5) is 22.4. The van der Waals surface area contributed by atoms with Gasteiger partial charge in [0.1, 0.15) is 6.61 Å². The Hall–Kier alpha value is -2.77. The molecule has 0 spiro atoms. The highest BCUT2D eigenvalue weighted by atomic mass is 35.5. The van der Waals surface area contributed by atoms with E-state index in [0.717, 1.165) is 55.0 Å². The summed E-state index contributed by atoms with van der Waals surface area (Å²) < 4.78 is 7.70. The van der Waals surface area contributed by atoms with Crippen LogP contribution in [0.3, 0.4) is 0 Å². The number of ether oxygens (including phenoxy) is 1. The Labute approximate surface area is 208 Å². The number of pyridine rings is 1. The van der Waals surface area contributed by atoms with Crippen molar-refractivity contribution < 1.29 is 9.53 Å². The molecular formula is C25H25Cl2N5O2. The molecule has 2 atom stereocenters. The Morgan fingerprint density at radius 2 is 1.91 bits per heavy atom. The second-order valence-electron chi connectivity index (χ2n) is 9.33. The molecule has 3 aliphatic heterocycles.